The first-order valence-electron chi connectivity index (χ1n) is 15.6. The fraction of sp³-hybridized carbons (Fsp3) is 0.806. The average molecular weight is 623 g/mol. The van der Waals surface area contributed by atoms with Crippen molar-refractivity contribution in [1.29, 1.82) is 0 Å². The smallest absolute Gasteiger partial charge is 0.407 e. The number of hydrogen-bond donors (Lipinski definition) is 4. The Morgan fingerprint density at radius 1 is 0.841 bits per heavy atom. The Bertz CT molecular complexity index is 1060. The van der Waals surface area contributed by atoms with Crippen LogP contribution in [0.5, 0.6) is 0 Å². The standard InChI is InChI=1S/C31H54N6O7/c1-22-10-12-30(5)24(31(30,6)13-11-23(22)37-32-7)21-44-28(41)34-15-17-43-19-18-42-16-14-33-25(38)8-9-26(39)35-20-27(40)36-29(2,3)4/h24H,8-21H2,1-7H3,(H,33,38)(H,34,41)(H,35,39)(H,36,40)/b23-22+,37-32?/t24-,30+,31-/m1/s1. The molecule has 2 aliphatic carbocycles. The lowest BCUT2D eigenvalue weighted by atomic mass is 9.84. The van der Waals surface area contributed by atoms with Crippen LogP contribution in [0.2, 0.25) is 0 Å². The zero-order valence-corrected chi connectivity index (χ0v) is 27.7. The quantitative estimate of drug-likeness (QED) is 0.143. The van der Waals surface area contributed by atoms with E-state index in [2.05, 4.69) is 52.3 Å². The van der Waals surface area contributed by atoms with Gasteiger partial charge in [-0.3, -0.25) is 14.4 Å². The number of hydrogen-bond acceptors (Lipinski definition) is 9. The summed E-state index contributed by atoms with van der Waals surface area (Å²) in [6.45, 7) is 14.5. The molecule has 13 heteroatoms. The van der Waals surface area contributed by atoms with Gasteiger partial charge in [0.05, 0.1) is 45.3 Å². The Kier molecular flexibility index (Phi) is 14.7. The highest BCUT2D eigenvalue weighted by atomic mass is 16.6. The predicted molar refractivity (Wildman–Crippen MR) is 166 cm³/mol. The van der Waals surface area contributed by atoms with E-state index in [4.69, 9.17) is 14.2 Å². The third-order valence-corrected chi connectivity index (χ3v) is 8.75. The lowest BCUT2D eigenvalue weighted by Crippen LogP contribution is -2.45. The summed E-state index contributed by atoms with van der Waals surface area (Å²) in [5, 5.41) is 19.0. The maximum atomic E-state index is 12.2. The molecule has 4 amide bonds. The number of nitrogens with zero attached hydrogens (tertiary/aromatic N) is 2. The van der Waals surface area contributed by atoms with Gasteiger partial charge in [0.15, 0.2) is 0 Å². The number of rotatable bonds is 17. The van der Waals surface area contributed by atoms with Crippen molar-refractivity contribution in [3.05, 3.63) is 11.3 Å². The molecular formula is C31H54N6O7. The van der Waals surface area contributed by atoms with Gasteiger partial charge in [0.2, 0.25) is 17.7 Å². The summed E-state index contributed by atoms with van der Waals surface area (Å²) in [4.78, 5) is 47.7. The van der Waals surface area contributed by atoms with Gasteiger partial charge >= 0.3 is 6.09 Å². The first-order chi connectivity index (χ1) is 20.7. The van der Waals surface area contributed by atoms with Gasteiger partial charge < -0.3 is 35.5 Å². The monoisotopic (exact) mass is 622 g/mol. The summed E-state index contributed by atoms with van der Waals surface area (Å²) < 4.78 is 16.5. The first kappa shape index (κ1) is 37.1. The molecule has 0 bridgehead atoms. The van der Waals surface area contributed by atoms with Gasteiger partial charge in [-0.25, -0.2) is 4.79 Å². The van der Waals surface area contributed by atoms with Crippen molar-refractivity contribution in [3.63, 3.8) is 0 Å². The molecule has 4 N–H and O–H groups in total. The van der Waals surface area contributed by atoms with E-state index in [1.807, 2.05) is 20.8 Å². The third kappa shape index (κ3) is 12.1. The molecule has 0 aromatic carbocycles. The van der Waals surface area contributed by atoms with Crippen molar-refractivity contribution >= 4 is 23.8 Å². The molecular weight excluding hydrogens is 568 g/mol. The molecule has 2 rings (SSSR count). The minimum absolute atomic E-state index is 0.00437. The third-order valence-electron chi connectivity index (χ3n) is 8.75. The molecule has 0 aromatic rings. The van der Waals surface area contributed by atoms with Crippen LogP contribution in [0.25, 0.3) is 0 Å². The lowest BCUT2D eigenvalue weighted by Gasteiger charge is -2.22. The van der Waals surface area contributed by atoms with E-state index in [1.54, 1.807) is 7.05 Å². The van der Waals surface area contributed by atoms with Crippen molar-refractivity contribution in [1.82, 2.24) is 21.3 Å². The van der Waals surface area contributed by atoms with E-state index in [0.717, 1.165) is 31.4 Å². The van der Waals surface area contributed by atoms with Gasteiger partial charge in [-0.15, -0.1) is 0 Å². The number of alkyl carbamates (subject to hydrolysis) is 1. The van der Waals surface area contributed by atoms with Gasteiger partial charge in [-0.1, -0.05) is 13.8 Å². The summed E-state index contributed by atoms with van der Waals surface area (Å²) in [5.74, 6) is -0.595. The molecule has 3 atom stereocenters. The molecule has 0 radical (unpaired) electrons. The fourth-order valence-electron chi connectivity index (χ4n) is 5.87. The second-order valence-electron chi connectivity index (χ2n) is 13.1. The van der Waals surface area contributed by atoms with Crippen LogP contribution in [0.15, 0.2) is 21.5 Å². The van der Waals surface area contributed by atoms with Crippen molar-refractivity contribution in [2.24, 2.45) is 27.0 Å². The van der Waals surface area contributed by atoms with Gasteiger partial charge in [0.1, 0.15) is 0 Å². The highest BCUT2D eigenvalue weighted by Gasteiger charge is 2.69. The Hall–Kier alpha value is -3.06. The van der Waals surface area contributed by atoms with E-state index in [9.17, 15) is 19.2 Å². The zero-order chi connectivity index (χ0) is 32.8. The molecule has 0 aliphatic heterocycles. The van der Waals surface area contributed by atoms with Crippen molar-refractivity contribution in [3.8, 4) is 0 Å². The average Bonchev–Trinajstić information content (AvgIpc) is 3.41. The summed E-state index contributed by atoms with van der Waals surface area (Å²) in [6.07, 6.45) is 3.52. The number of carbonyl (C=O) groups is 4. The van der Waals surface area contributed by atoms with E-state index in [1.165, 1.54) is 5.57 Å². The zero-order valence-electron chi connectivity index (χ0n) is 27.7. The Morgan fingerprint density at radius 2 is 1.41 bits per heavy atom. The van der Waals surface area contributed by atoms with Crippen LogP contribution in [0.4, 0.5) is 4.79 Å². The van der Waals surface area contributed by atoms with Gasteiger partial charge in [0.25, 0.3) is 0 Å². The Balaban J connectivity index is 1.45. The number of fused-ring (bicyclic) bond motifs is 1. The van der Waals surface area contributed by atoms with Crippen LogP contribution in [-0.4, -0.2) is 89.1 Å². The maximum absolute atomic E-state index is 12.2. The fourth-order valence-corrected chi connectivity index (χ4v) is 5.87. The second-order valence-corrected chi connectivity index (χ2v) is 13.1. The van der Waals surface area contributed by atoms with Gasteiger partial charge in [-0.2, -0.15) is 10.2 Å². The van der Waals surface area contributed by atoms with Crippen molar-refractivity contribution in [2.45, 2.75) is 85.6 Å². The molecule has 1 saturated carbocycles. The van der Waals surface area contributed by atoms with Crippen LogP contribution in [0.1, 0.15) is 80.1 Å². The predicted octanol–water partition coefficient (Wildman–Crippen LogP) is 3.25. The molecule has 2 aliphatic rings. The van der Waals surface area contributed by atoms with E-state index in [-0.39, 0.29) is 53.5 Å². The van der Waals surface area contributed by atoms with E-state index >= 15 is 0 Å². The largest absolute Gasteiger partial charge is 0.449 e. The number of carbonyl (C=O) groups excluding carboxylic acids is 4. The van der Waals surface area contributed by atoms with Crippen LogP contribution in [0, 0.1) is 16.7 Å². The molecule has 13 nitrogen and oxygen atoms in total. The molecule has 250 valence electrons. The van der Waals surface area contributed by atoms with Crippen LogP contribution in [0.3, 0.4) is 0 Å². The number of amides is 4. The Morgan fingerprint density at radius 3 is 2.00 bits per heavy atom. The van der Waals surface area contributed by atoms with E-state index < -0.39 is 6.09 Å². The number of allylic oxidation sites excluding steroid dienone is 2. The number of azo groups is 1. The van der Waals surface area contributed by atoms with Gasteiger partial charge in [-0.05, 0) is 69.8 Å². The van der Waals surface area contributed by atoms with Crippen molar-refractivity contribution in [2.75, 3.05) is 59.7 Å². The summed E-state index contributed by atoms with van der Waals surface area (Å²) in [6, 6.07) is 0. The number of ether oxygens (including phenoxy) is 3. The molecule has 0 spiro atoms. The van der Waals surface area contributed by atoms with Crippen molar-refractivity contribution < 1.29 is 33.4 Å². The van der Waals surface area contributed by atoms with E-state index in [0.29, 0.717) is 52.0 Å². The molecule has 44 heavy (non-hydrogen) atoms. The highest BCUT2D eigenvalue weighted by Crippen LogP contribution is 2.74. The SMILES string of the molecule is CN=N/C1=C(\C)CC[C@@]2(C)[C@@H](COC(=O)NCCOCCOCCNC(=O)CCC(=O)NCC(=O)NC(C)(C)C)[C@@]2(C)CC1. The summed E-state index contributed by atoms with van der Waals surface area (Å²) in [7, 11) is 1.70. The van der Waals surface area contributed by atoms with Gasteiger partial charge in [0, 0.05) is 44.4 Å². The van der Waals surface area contributed by atoms with Crippen LogP contribution < -0.4 is 21.3 Å². The second kappa shape index (κ2) is 17.4. The molecule has 0 unspecified atom stereocenters. The van der Waals surface area contributed by atoms with Crippen LogP contribution >= 0.6 is 0 Å². The Labute approximate surface area is 262 Å². The summed E-state index contributed by atoms with van der Waals surface area (Å²) >= 11 is 0. The minimum atomic E-state index is -0.439. The molecule has 0 heterocycles. The molecule has 1 fully saturated rings. The molecule has 0 saturated heterocycles. The lowest BCUT2D eigenvalue weighted by molar-refractivity contribution is -0.128. The normalized spacial score (nSPS) is 24.9. The minimum Gasteiger partial charge on any atom is -0.449 e. The number of nitrogens with one attached hydrogen (secondary N) is 4. The highest BCUT2D eigenvalue weighted by molar-refractivity contribution is 5.87. The first-order valence-corrected chi connectivity index (χ1v) is 15.6. The van der Waals surface area contributed by atoms with Crippen LogP contribution in [-0.2, 0) is 28.6 Å². The molecule has 0 aromatic heterocycles. The maximum Gasteiger partial charge on any atom is 0.407 e. The summed E-state index contributed by atoms with van der Waals surface area (Å²) in [5.41, 5.74) is 2.29. The topological polar surface area (TPSA) is 169 Å².